The van der Waals surface area contributed by atoms with Crippen LogP contribution in [0.1, 0.15) is 19.4 Å². The predicted octanol–water partition coefficient (Wildman–Crippen LogP) is 1.40. The summed E-state index contributed by atoms with van der Waals surface area (Å²) in [6.07, 6.45) is 0. The first kappa shape index (κ1) is 15.2. The van der Waals surface area contributed by atoms with Crippen molar-refractivity contribution in [3.8, 4) is 0 Å². The van der Waals surface area contributed by atoms with Gasteiger partial charge >= 0.3 is 0 Å². The highest BCUT2D eigenvalue weighted by Crippen LogP contribution is 2.44. The molecule has 0 saturated carbocycles. The maximum Gasteiger partial charge on any atom is 0.242 e. The molecule has 6 heteroatoms. The van der Waals surface area contributed by atoms with Crippen molar-refractivity contribution in [1.82, 2.24) is 10.2 Å². The maximum absolute atomic E-state index is 12.5. The molecule has 2 heterocycles. The molecule has 3 rings (SSSR count). The van der Waals surface area contributed by atoms with Crippen LogP contribution in [0.15, 0.2) is 18.2 Å². The van der Waals surface area contributed by atoms with Crippen molar-refractivity contribution in [3.63, 3.8) is 0 Å². The molecule has 0 radical (unpaired) electrons. The van der Waals surface area contributed by atoms with E-state index in [9.17, 15) is 9.59 Å². The third kappa shape index (κ3) is 2.65. The number of anilines is 1. The van der Waals surface area contributed by atoms with Gasteiger partial charge < -0.3 is 15.1 Å². The quantitative estimate of drug-likeness (QED) is 0.896. The second kappa shape index (κ2) is 5.47. The van der Waals surface area contributed by atoms with E-state index in [4.69, 9.17) is 11.6 Å². The summed E-state index contributed by atoms with van der Waals surface area (Å²) in [7, 11) is 0. The first-order valence-corrected chi connectivity index (χ1v) is 7.85. The smallest absolute Gasteiger partial charge is 0.242 e. The van der Waals surface area contributed by atoms with Gasteiger partial charge in [0.1, 0.15) is 0 Å². The molecule has 1 N–H and O–H groups in total. The Balaban J connectivity index is 1.79. The predicted molar refractivity (Wildman–Crippen MR) is 86.3 cm³/mol. The fourth-order valence-corrected chi connectivity index (χ4v) is 3.77. The van der Waals surface area contributed by atoms with Crippen LogP contribution in [0.25, 0.3) is 0 Å². The van der Waals surface area contributed by atoms with Crippen LogP contribution in [0.2, 0.25) is 5.02 Å². The number of hydrogen-bond donors (Lipinski definition) is 1. The van der Waals surface area contributed by atoms with Crippen LogP contribution in [-0.4, -0.2) is 49.4 Å². The first-order chi connectivity index (χ1) is 10.4. The number of carbonyl (C=O) groups is 2. The average molecular weight is 322 g/mol. The number of nitrogens with one attached hydrogen (secondary N) is 1. The van der Waals surface area contributed by atoms with E-state index in [2.05, 4.69) is 24.1 Å². The van der Waals surface area contributed by atoms with E-state index in [0.29, 0.717) is 13.1 Å². The molecule has 118 valence electrons. The Morgan fingerprint density at radius 2 is 2.18 bits per heavy atom. The zero-order chi connectivity index (χ0) is 15.9. The number of carbonyl (C=O) groups excluding carboxylic acids is 2. The van der Waals surface area contributed by atoms with Crippen LogP contribution in [0.4, 0.5) is 5.69 Å². The van der Waals surface area contributed by atoms with Gasteiger partial charge in [0.25, 0.3) is 0 Å². The van der Waals surface area contributed by atoms with Gasteiger partial charge in [-0.2, -0.15) is 0 Å². The fourth-order valence-electron chi connectivity index (χ4n) is 3.34. The summed E-state index contributed by atoms with van der Waals surface area (Å²) >= 11 is 6.35. The van der Waals surface area contributed by atoms with E-state index >= 15 is 0 Å². The molecule has 0 spiro atoms. The minimum Gasteiger partial charge on any atom is -0.361 e. The normalized spacial score (nSPS) is 19.9. The Labute approximate surface area is 135 Å². The molecule has 1 aromatic rings. The van der Waals surface area contributed by atoms with Gasteiger partial charge in [0.15, 0.2) is 0 Å². The molecule has 0 atom stereocenters. The van der Waals surface area contributed by atoms with E-state index in [-0.39, 0.29) is 30.3 Å². The van der Waals surface area contributed by atoms with Crippen molar-refractivity contribution in [2.24, 2.45) is 0 Å². The van der Waals surface area contributed by atoms with Gasteiger partial charge in [0.05, 0.1) is 13.1 Å². The summed E-state index contributed by atoms with van der Waals surface area (Å²) < 4.78 is 0. The molecular weight excluding hydrogens is 302 g/mol. The van der Waals surface area contributed by atoms with Gasteiger partial charge in [0, 0.05) is 41.3 Å². The second-order valence-corrected chi connectivity index (χ2v) is 6.95. The van der Waals surface area contributed by atoms with Gasteiger partial charge in [-0.05, 0) is 12.1 Å². The molecule has 22 heavy (non-hydrogen) atoms. The van der Waals surface area contributed by atoms with E-state index < -0.39 is 0 Å². The first-order valence-electron chi connectivity index (χ1n) is 7.47. The van der Waals surface area contributed by atoms with Gasteiger partial charge in [-0.3, -0.25) is 9.59 Å². The minimum absolute atomic E-state index is 0.0153. The molecule has 0 bridgehead atoms. The highest BCUT2D eigenvalue weighted by Gasteiger charge is 2.38. The van der Waals surface area contributed by atoms with Crippen LogP contribution in [-0.2, 0) is 15.0 Å². The van der Waals surface area contributed by atoms with Gasteiger partial charge in [0.2, 0.25) is 11.8 Å². The number of nitrogens with zero attached hydrogens (tertiary/aromatic N) is 2. The highest BCUT2D eigenvalue weighted by atomic mass is 35.5. The largest absolute Gasteiger partial charge is 0.361 e. The number of hydrogen-bond acceptors (Lipinski definition) is 3. The topological polar surface area (TPSA) is 52.7 Å². The molecule has 2 aliphatic heterocycles. The Morgan fingerprint density at radius 3 is 2.91 bits per heavy atom. The lowest BCUT2D eigenvalue weighted by Gasteiger charge is -2.29. The Morgan fingerprint density at radius 1 is 1.41 bits per heavy atom. The SMILES string of the molecule is CC1(C)CN(CC(=O)N2CCNC(=O)C2)c2cccc(Cl)c21. The van der Waals surface area contributed by atoms with Gasteiger partial charge in [-0.25, -0.2) is 0 Å². The summed E-state index contributed by atoms with van der Waals surface area (Å²) in [4.78, 5) is 27.6. The van der Waals surface area contributed by atoms with E-state index in [0.717, 1.165) is 22.8 Å². The number of benzene rings is 1. The number of amides is 2. The molecule has 1 aromatic carbocycles. The van der Waals surface area contributed by atoms with Crippen molar-refractivity contribution in [1.29, 1.82) is 0 Å². The lowest BCUT2D eigenvalue weighted by molar-refractivity contribution is -0.137. The minimum atomic E-state index is -0.0928. The Bertz CT molecular complexity index is 630. The van der Waals surface area contributed by atoms with Crippen LogP contribution < -0.4 is 10.2 Å². The Hall–Kier alpha value is -1.75. The second-order valence-electron chi connectivity index (χ2n) is 6.54. The van der Waals surface area contributed by atoms with Crippen molar-refractivity contribution < 1.29 is 9.59 Å². The van der Waals surface area contributed by atoms with Crippen LogP contribution in [0.5, 0.6) is 0 Å². The van der Waals surface area contributed by atoms with Gasteiger partial charge in [-0.1, -0.05) is 31.5 Å². The summed E-state index contributed by atoms with van der Waals surface area (Å²) in [6.45, 7) is 6.55. The molecule has 0 aromatic heterocycles. The number of halogens is 1. The average Bonchev–Trinajstić information content (AvgIpc) is 2.71. The van der Waals surface area contributed by atoms with Crippen molar-refractivity contribution in [3.05, 3.63) is 28.8 Å². The highest BCUT2D eigenvalue weighted by molar-refractivity contribution is 6.32. The molecule has 5 nitrogen and oxygen atoms in total. The number of fused-ring (bicyclic) bond motifs is 1. The maximum atomic E-state index is 12.5. The standard InChI is InChI=1S/C16H20ClN3O2/c1-16(2)10-20(12-5-3-4-11(17)15(12)16)9-14(22)19-7-6-18-13(21)8-19/h3-5H,6-10H2,1-2H3,(H,18,21). The van der Waals surface area contributed by atoms with Crippen LogP contribution in [0.3, 0.4) is 0 Å². The molecule has 2 amide bonds. The van der Waals surface area contributed by atoms with Crippen LogP contribution in [0, 0.1) is 0 Å². The van der Waals surface area contributed by atoms with Crippen molar-refractivity contribution in [2.45, 2.75) is 19.3 Å². The lowest BCUT2D eigenvalue weighted by Crippen LogP contribution is -2.52. The monoisotopic (exact) mass is 321 g/mol. The van der Waals surface area contributed by atoms with Crippen LogP contribution >= 0.6 is 11.6 Å². The van der Waals surface area contributed by atoms with Crippen molar-refractivity contribution >= 4 is 29.1 Å². The summed E-state index contributed by atoms with van der Waals surface area (Å²) in [6, 6.07) is 5.81. The summed E-state index contributed by atoms with van der Waals surface area (Å²) in [5.74, 6) is -0.108. The van der Waals surface area contributed by atoms with Gasteiger partial charge in [-0.15, -0.1) is 0 Å². The molecule has 1 saturated heterocycles. The molecule has 0 unspecified atom stereocenters. The molecule has 0 aliphatic carbocycles. The Kier molecular flexibility index (Phi) is 3.77. The zero-order valence-corrected chi connectivity index (χ0v) is 13.6. The third-order valence-corrected chi connectivity index (χ3v) is 4.63. The summed E-state index contributed by atoms with van der Waals surface area (Å²) in [5, 5.41) is 3.48. The molecule has 2 aliphatic rings. The fraction of sp³-hybridized carbons (Fsp3) is 0.500. The number of piperazine rings is 1. The third-order valence-electron chi connectivity index (χ3n) is 4.31. The lowest BCUT2D eigenvalue weighted by atomic mass is 9.87. The van der Waals surface area contributed by atoms with Crippen molar-refractivity contribution in [2.75, 3.05) is 37.6 Å². The summed E-state index contributed by atoms with van der Waals surface area (Å²) in [5.41, 5.74) is 2.03. The van der Waals surface area contributed by atoms with E-state index in [1.54, 1.807) is 4.90 Å². The zero-order valence-electron chi connectivity index (χ0n) is 12.9. The number of rotatable bonds is 2. The van der Waals surface area contributed by atoms with E-state index in [1.165, 1.54) is 0 Å². The van der Waals surface area contributed by atoms with E-state index in [1.807, 2.05) is 18.2 Å². The molecule has 1 fully saturated rings. The molecular formula is C16H20ClN3O2.